The van der Waals surface area contributed by atoms with Gasteiger partial charge in [-0.05, 0) is 80.0 Å². The molecular weight excluding hydrogens is 408 g/mol. The minimum absolute atomic E-state index is 0.0109. The van der Waals surface area contributed by atoms with Crippen molar-refractivity contribution in [2.24, 2.45) is 0 Å². The molecule has 1 fully saturated rings. The molecule has 32 heavy (non-hydrogen) atoms. The highest BCUT2D eigenvalue weighted by Crippen LogP contribution is 2.41. The minimum Gasteiger partial charge on any atom is -0.497 e. The number of methoxy groups -OCH3 is 1. The van der Waals surface area contributed by atoms with Gasteiger partial charge >= 0.3 is 6.03 Å². The predicted molar refractivity (Wildman–Crippen MR) is 120 cm³/mol. The van der Waals surface area contributed by atoms with Crippen molar-refractivity contribution < 1.29 is 24.2 Å². The van der Waals surface area contributed by atoms with Crippen molar-refractivity contribution in [3.8, 4) is 11.5 Å². The zero-order valence-corrected chi connectivity index (χ0v) is 19.0. The molecule has 2 aliphatic rings. The molecule has 2 aromatic rings. The van der Waals surface area contributed by atoms with Crippen molar-refractivity contribution in [2.45, 2.75) is 51.7 Å². The van der Waals surface area contributed by atoms with Crippen LogP contribution < -0.4 is 14.8 Å². The Hall–Kier alpha value is -3.06. The number of aliphatic hydroxyl groups excluding tert-OH is 1. The average molecular weight is 439 g/mol. The van der Waals surface area contributed by atoms with Gasteiger partial charge in [0.2, 0.25) is 0 Å². The Morgan fingerprint density at radius 2 is 1.91 bits per heavy atom. The normalized spacial score (nSPS) is 20.8. The number of imide groups is 1. The number of nitrogens with one attached hydrogen (secondary N) is 1. The van der Waals surface area contributed by atoms with Crippen molar-refractivity contribution in [3.63, 3.8) is 0 Å². The minimum atomic E-state index is -1.08. The van der Waals surface area contributed by atoms with Crippen LogP contribution in [0.25, 0.3) is 0 Å². The van der Waals surface area contributed by atoms with E-state index in [1.54, 1.807) is 7.11 Å². The Bertz CT molecular complexity index is 1070. The highest BCUT2D eigenvalue weighted by molar-refractivity contribution is 6.07. The zero-order chi connectivity index (χ0) is 23.0. The number of nitrogens with zero attached hydrogens (tertiary/aromatic N) is 1. The standard InChI is InChI=1S/C25H30N2O5/c1-15-7-8-16(2)22(17(15)3)32-14-19(28)13-27-23(29)25(26-24(27)30)11-5-6-18-12-20(31-4)9-10-21(18)25/h7-10,12,19,28H,5-6,11,13-14H2,1-4H3,(H,26,30)/t19-,25-/m0/s1. The number of carbonyl (C=O) groups is 2. The monoisotopic (exact) mass is 438 g/mol. The molecule has 3 amide bonds. The van der Waals surface area contributed by atoms with Gasteiger partial charge in [0.25, 0.3) is 5.91 Å². The SMILES string of the molecule is COc1ccc2c(c1)CCC[C@]21NC(=O)N(C[C@H](O)COc2c(C)ccc(C)c2C)C1=O. The summed E-state index contributed by atoms with van der Waals surface area (Å²) >= 11 is 0. The van der Waals surface area contributed by atoms with Gasteiger partial charge in [0.05, 0.1) is 13.7 Å². The van der Waals surface area contributed by atoms with Gasteiger partial charge in [-0.25, -0.2) is 4.79 Å². The van der Waals surface area contributed by atoms with E-state index in [1.165, 1.54) is 0 Å². The van der Waals surface area contributed by atoms with E-state index in [0.717, 1.165) is 57.1 Å². The number of aryl methyl sites for hydroxylation is 3. The number of urea groups is 1. The molecule has 1 saturated heterocycles. The number of fused-ring (bicyclic) bond motifs is 2. The van der Waals surface area contributed by atoms with Crippen molar-refractivity contribution in [1.29, 1.82) is 0 Å². The maximum Gasteiger partial charge on any atom is 0.325 e. The summed E-state index contributed by atoms with van der Waals surface area (Å²) in [6, 6.07) is 9.11. The van der Waals surface area contributed by atoms with Crippen molar-refractivity contribution in [3.05, 3.63) is 58.1 Å². The molecule has 0 bridgehead atoms. The van der Waals surface area contributed by atoms with E-state index in [2.05, 4.69) is 5.32 Å². The summed E-state index contributed by atoms with van der Waals surface area (Å²) in [6.07, 6.45) is 1.13. The van der Waals surface area contributed by atoms with Gasteiger partial charge in [-0.15, -0.1) is 0 Å². The third-order valence-corrected chi connectivity index (χ3v) is 6.63. The Balaban J connectivity index is 1.49. The molecule has 1 spiro atoms. The summed E-state index contributed by atoms with van der Waals surface area (Å²) in [5.41, 5.74) is 3.82. The van der Waals surface area contributed by atoms with Crippen LogP contribution in [0.1, 0.15) is 40.7 Å². The molecule has 0 saturated carbocycles. The lowest BCUT2D eigenvalue weighted by Crippen LogP contribution is -2.47. The fourth-order valence-corrected chi connectivity index (χ4v) is 4.73. The molecule has 2 N–H and O–H groups in total. The fourth-order valence-electron chi connectivity index (χ4n) is 4.73. The van der Waals surface area contributed by atoms with E-state index in [-0.39, 0.29) is 19.1 Å². The molecule has 1 heterocycles. The van der Waals surface area contributed by atoms with Crippen LogP contribution in [-0.2, 0) is 16.8 Å². The van der Waals surface area contributed by atoms with Crippen molar-refractivity contribution >= 4 is 11.9 Å². The Morgan fingerprint density at radius 1 is 1.16 bits per heavy atom. The molecule has 0 unspecified atom stereocenters. The number of benzene rings is 2. The Labute approximate surface area is 188 Å². The second kappa shape index (κ2) is 8.47. The van der Waals surface area contributed by atoms with Gasteiger partial charge in [-0.3, -0.25) is 9.69 Å². The average Bonchev–Trinajstić information content (AvgIpc) is 3.00. The summed E-state index contributed by atoms with van der Waals surface area (Å²) in [4.78, 5) is 27.3. The lowest BCUT2D eigenvalue weighted by molar-refractivity contribution is -0.133. The number of hydrogen-bond donors (Lipinski definition) is 2. The number of aliphatic hydroxyl groups is 1. The van der Waals surface area contributed by atoms with Gasteiger partial charge in [0.1, 0.15) is 29.7 Å². The zero-order valence-electron chi connectivity index (χ0n) is 19.0. The number of hydrogen-bond acceptors (Lipinski definition) is 5. The quantitative estimate of drug-likeness (QED) is 0.677. The summed E-state index contributed by atoms with van der Waals surface area (Å²) in [5.74, 6) is 1.13. The highest BCUT2D eigenvalue weighted by Gasteiger charge is 2.54. The summed E-state index contributed by atoms with van der Waals surface area (Å²) < 4.78 is 11.2. The van der Waals surface area contributed by atoms with Crippen LogP contribution in [0.15, 0.2) is 30.3 Å². The Kier molecular flexibility index (Phi) is 5.86. The number of amides is 3. The van der Waals surface area contributed by atoms with E-state index >= 15 is 0 Å². The second-order valence-electron chi connectivity index (χ2n) is 8.75. The van der Waals surface area contributed by atoms with E-state index in [9.17, 15) is 14.7 Å². The summed E-state index contributed by atoms with van der Waals surface area (Å²) in [5, 5.41) is 13.5. The molecule has 1 aliphatic heterocycles. The molecule has 1 aliphatic carbocycles. The third kappa shape index (κ3) is 3.71. The van der Waals surface area contributed by atoms with Crippen LogP contribution in [0.3, 0.4) is 0 Å². The first-order valence-electron chi connectivity index (χ1n) is 11.0. The first-order chi connectivity index (χ1) is 15.3. The van der Waals surface area contributed by atoms with Gasteiger partial charge in [0.15, 0.2) is 0 Å². The van der Waals surface area contributed by atoms with E-state index in [0.29, 0.717) is 6.42 Å². The van der Waals surface area contributed by atoms with Crippen molar-refractivity contribution in [2.75, 3.05) is 20.3 Å². The van der Waals surface area contributed by atoms with Crippen LogP contribution in [0.2, 0.25) is 0 Å². The van der Waals surface area contributed by atoms with E-state index in [4.69, 9.17) is 9.47 Å². The topological polar surface area (TPSA) is 88.1 Å². The molecule has 2 aromatic carbocycles. The molecule has 0 radical (unpaired) electrons. The summed E-state index contributed by atoms with van der Waals surface area (Å²) in [7, 11) is 1.60. The van der Waals surface area contributed by atoms with Gasteiger partial charge in [0, 0.05) is 0 Å². The molecule has 170 valence electrons. The Morgan fingerprint density at radius 3 is 2.66 bits per heavy atom. The molecule has 7 heteroatoms. The molecular formula is C25H30N2O5. The first-order valence-corrected chi connectivity index (χ1v) is 11.0. The van der Waals surface area contributed by atoms with Gasteiger partial charge in [-0.1, -0.05) is 18.2 Å². The predicted octanol–water partition coefficient (Wildman–Crippen LogP) is 3.14. The van der Waals surface area contributed by atoms with Crippen LogP contribution in [0.4, 0.5) is 4.79 Å². The van der Waals surface area contributed by atoms with Crippen LogP contribution in [0.5, 0.6) is 11.5 Å². The molecule has 7 nitrogen and oxygen atoms in total. The smallest absolute Gasteiger partial charge is 0.325 e. The van der Waals surface area contributed by atoms with E-state index < -0.39 is 17.7 Å². The maximum atomic E-state index is 13.4. The third-order valence-electron chi connectivity index (χ3n) is 6.63. The second-order valence-corrected chi connectivity index (χ2v) is 8.75. The number of rotatable bonds is 6. The van der Waals surface area contributed by atoms with Gasteiger partial charge < -0.3 is 19.9 Å². The largest absolute Gasteiger partial charge is 0.497 e. The number of carbonyl (C=O) groups excluding carboxylic acids is 2. The first kappa shape index (κ1) is 22.1. The number of β-amino-alcohol motifs (C(OH)–C–C–N with tert-alkyl or cyclic N) is 1. The van der Waals surface area contributed by atoms with Crippen molar-refractivity contribution in [1.82, 2.24) is 10.2 Å². The summed E-state index contributed by atoms with van der Waals surface area (Å²) in [6.45, 7) is 5.79. The maximum absolute atomic E-state index is 13.4. The molecule has 4 rings (SSSR count). The molecule has 0 aromatic heterocycles. The van der Waals surface area contributed by atoms with E-state index in [1.807, 2.05) is 51.1 Å². The lowest BCUT2D eigenvalue weighted by atomic mass is 9.76. The van der Waals surface area contributed by atoms with Crippen LogP contribution >= 0.6 is 0 Å². The van der Waals surface area contributed by atoms with Crippen LogP contribution in [-0.4, -0.2) is 48.3 Å². The van der Waals surface area contributed by atoms with Gasteiger partial charge in [-0.2, -0.15) is 0 Å². The fraction of sp³-hybridized carbons (Fsp3) is 0.440. The van der Waals surface area contributed by atoms with Crippen LogP contribution in [0, 0.1) is 20.8 Å². The highest BCUT2D eigenvalue weighted by atomic mass is 16.5. The number of ether oxygens (including phenoxy) is 2. The molecule has 2 atom stereocenters. The lowest BCUT2D eigenvalue weighted by Gasteiger charge is -2.33.